The normalized spacial score (nSPS) is 20.8. The third-order valence-electron chi connectivity index (χ3n) is 5.05. The van der Waals surface area contributed by atoms with Crippen LogP contribution in [0.4, 0.5) is 11.4 Å². The van der Waals surface area contributed by atoms with Crippen molar-refractivity contribution in [3.8, 4) is 0 Å². The summed E-state index contributed by atoms with van der Waals surface area (Å²) in [5.74, 6) is 0. The van der Waals surface area contributed by atoms with Crippen LogP contribution in [0.5, 0.6) is 0 Å². The summed E-state index contributed by atoms with van der Waals surface area (Å²) in [5.41, 5.74) is 7.25. The second-order valence-corrected chi connectivity index (χ2v) is 7.26. The first-order valence-electron chi connectivity index (χ1n) is 9.35. The molecular weight excluding hydrogens is 356 g/mol. The molecular formula is C20H24N6S. The molecule has 1 saturated heterocycles. The predicted octanol–water partition coefficient (Wildman–Crippen LogP) is 2.69. The lowest BCUT2D eigenvalue weighted by atomic mass is 10.1. The molecule has 0 radical (unpaired) electrons. The second kappa shape index (κ2) is 7.92. The van der Waals surface area contributed by atoms with Gasteiger partial charge in [0, 0.05) is 50.5 Å². The standard InChI is InChI=1S/C20H24N6S/c1-15-14-25(16-6-3-2-4-7-16)12-13-26(15)20(27)24-23-18-9-11-21-17-8-5-10-22-19(17)18/h2-8,10,15,21H,9,11-14H2,1H3,(H,24,27)/b23-18-. The predicted molar refractivity (Wildman–Crippen MR) is 114 cm³/mol. The summed E-state index contributed by atoms with van der Waals surface area (Å²) in [6.07, 6.45) is 2.63. The second-order valence-electron chi connectivity index (χ2n) is 6.88. The first-order chi connectivity index (χ1) is 13.2. The van der Waals surface area contributed by atoms with Crippen LogP contribution in [0.15, 0.2) is 53.8 Å². The average Bonchev–Trinajstić information content (AvgIpc) is 2.72. The van der Waals surface area contributed by atoms with Gasteiger partial charge in [0.25, 0.3) is 0 Å². The molecule has 2 aliphatic heterocycles. The van der Waals surface area contributed by atoms with Gasteiger partial charge in [0.05, 0.1) is 11.4 Å². The fourth-order valence-corrected chi connectivity index (χ4v) is 3.95. The molecule has 0 spiro atoms. The maximum atomic E-state index is 5.63. The van der Waals surface area contributed by atoms with E-state index in [-0.39, 0.29) is 0 Å². The monoisotopic (exact) mass is 380 g/mol. The van der Waals surface area contributed by atoms with Gasteiger partial charge in [0.15, 0.2) is 5.11 Å². The van der Waals surface area contributed by atoms with E-state index < -0.39 is 0 Å². The third kappa shape index (κ3) is 3.88. The topological polar surface area (TPSA) is 55.8 Å². The number of pyridine rings is 1. The number of thiocarbonyl (C=S) groups is 1. The average molecular weight is 381 g/mol. The number of fused-ring (bicyclic) bond motifs is 1. The first-order valence-corrected chi connectivity index (χ1v) is 9.75. The molecule has 3 heterocycles. The van der Waals surface area contributed by atoms with Crippen LogP contribution >= 0.6 is 12.2 Å². The minimum absolute atomic E-state index is 0.317. The molecule has 1 aromatic carbocycles. The highest BCUT2D eigenvalue weighted by Gasteiger charge is 2.26. The zero-order chi connectivity index (χ0) is 18.6. The van der Waals surface area contributed by atoms with E-state index in [1.807, 2.05) is 12.1 Å². The van der Waals surface area contributed by atoms with Gasteiger partial charge in [-0.05, 0) is 43.4 Å². The van der Waals surface area contributed by atoms with Crippen molar-refractivity contribution >= 4 is 34.4 Å². The number of nitrogens with one attached hydrogen (secondary N) is 2. The number of rotatable bonds is 2. The van der Waals surface area contributed by atoms with E-state index in [2.05, 4.69) is 67.9 Å². The summed E-state index contributed by atoms with van der Waals surface area (Å²) >= 11 is 5.63. The Hall–Kier alpha value is -2.67. The Bertz CT molecular complexity index is 837. The molecule has 4 rings (SSSR count). The molecule has 0 aliphatic carbocycles. The number of para-hydroxylation sites is 1. The van der Waals surface area contributed by atoms with Crippen molar-refractivity contribution in [2.75, 3.05) is 36.4 Å². The van der Waals surface area contributed by atoms with Gasteiger partial charge in [-0.3, -0.25) is 10.4 Å². The molecule has 2 N–H and O–H groups in total. The fraction of sp³-hybridized carbons (Fsp3) is 0.350. The number of anilines is 2. The van der Waals surface area contributed by atoms with E-state index in [1.165, 1.54) is 5.69 Å². The van der Waals surface area contributed by atoms with E-state index in [1.54, 1.807) is 6.20 Å². The van der Waals surface area contributed by atoms with E-state index in [0.29, 0.717) is 11.2 Å². The number of hydrogen-bond donors (Lipinski definition) is 2. The van der Waals surface area contributed by atoms with Gasteiger partial charge in [0.2, 0.25) is 0 Å². The van der Waals surface area contributed by atoms with Crippen molar-refractivity contribution in [2.45, 2.75) is 19.4 Å². The molecule has 27 heavy (non-hydrogen) atoms. The zero-order valence-electron chi connectivity index (χ0n) is 15.4. The number of hydrazone groups is 1. The molecule has 7 heteroatoms. The van der Waals surface area contributed by atoms with Crippen LogP contribution in [-0.2, 0) is 0 Å². The van der Waals surface area contributed by atoms with Crippen LogP contribution in [0, 0.1) is 0 Å². The summed E-state index contributed by atoms with van der Waals surface area (Å²) < 4.78 is 0. The highest BCUT2D eigenvalue weighted by molar-refractivity contribution is 7.80. The maximum absolute atomic E-state index is 5.63. The van der Waals surface area contributed by atoms with Gasteiger partial charge >= 0.3 is 0 Å². The summed E-state index contributed by atoms with van der Waals surface area (Å²) in [5, 5.41) is 8.61. The number of hydrogen-bond acceptors (Lipinski definition) is 5. The van der Waals surface area contributed by atoms with E-state index in [0.717, 1.165) is 49.7 Å². The Kier molecular flexibility index (Phi) is 5.20. The minimum Gasteiger partial charge on any atom is -0.383 e. The van der Waals surface area contributed by atoms with Crippen molar-refractivity contribution in [2.24, 2.45) is 5.10 Å². The number of benzene rings is 1. The first kappa shape index (κ1) is 17.7. The van der Waals surface area contributed by atoms with Gasteiger partial charge < -0.3 is 15.1 Å². The van der Waals surface area contributed by atoms with Gasteiger partial charge in [-0.2, -0.15) is 5.10 Å². The molecule has 0 amide bonds. The minimum atomic E-state index is 0.317. The molecule has 1 aromatic heterocycles. The molecule has 1 atom stereocenters. The fourth-order valence-electron chi connectivity index (χ4n) is 3.63. The van der Waals surface area contributed by atoms with Crippen molar-refractivity contribution in [1.29, 1.82) is 0 Å². The van der Waals surface area contributed by atoms with Crippen LogP contribution in [0.2, 0.25) is 0 Å². The van der Waals surface area contributed by atoms with Crippen molar-refractivity contribution in [3.05, 3.63) is 54.4 Å². The van der Waals surface area contributed by atoms with Crippen molar-refractivity contribution in [1.82, 2.24) is 15.3 Å². The summed E-state index contributed by atoms with van der Waals surface area (Å²) in [6.45, 7) is 5.83. The lowest BCUT2D eigenvalue weighted by molar-refractivity contribution is 0.295. The summed E-state index contributed by atoms with van der Waals surface area (Å²) in [6, 6.07) is 14.8. The van der Waals surface area contributed by atoms with E-state index >= 15 is 0 Å². The molecule has 0 bridgehead atoms. The summed E-state index contributed by atoms with van der Waals surface area (Å²) in [7, 11) is 0. The Morgan fingerprint density at radius 1 is 1.22 bits per heavy atom. The number of piperazine rings is 1. The highest BCUT2D eigenvalue weighted by atomic mass is 32.1. The van der Waals surface area contributed by atoms with Crippen LogP contribution in [-0.4, -0.2) is 52.9 Å². The zero-order valence-corrected chi connectivity index (χ0v) is 16.2. The van der Waals surface area contributed by atoms with Gasteiger partial charge in [-0.15, -0.1) is 0 Å². The smallest absolute Gasteiger partial charge is 0.189 e. The quantitative estimate of drug-likeness (QED) is 0.617. The van der Waals surface area contributed by atoms with Gasteiger partial charge in [-0.25, -0.2) is 0 Å². The Labute approximate surface area is 165 Å². The van der Waals surface area contributed by atoms with Crippen molar-refractivity contribution < 1.29 is 0 Å². The Morgan fingerprint density at radius 3 is 2.89 bits per heavy atom. The van der Waals surface area contributed by atoms with Crippen molar-refractivity contribution in [3.63, 3.8) is 0 Å². The molecule has 1 unspecified atom stereocenters. The van der Waals surface area contributed by atoms with Gasteiger partial charge in [0.1, 0.15) is 5.69 Å². The molecule has 140 valence electrons. The molecule has 2 aromatic rings. The maximum Gasteiger partial charge on any atom is 0.189 e. The third-order valence-corrected chi connectivity index (χ3v) is 5.38. The van der Waals surface area contributed by atoms with Crippen LogP contribution in [0.1, 0.15) is 19.0 Å². The molecule has 2 aliphatic rings. The lowest BCUT2D eigenvalue weighted by Crippen LogP contribution is -2.56. The van der Waals surface area contributed by atoms with Crippen LogP contribution in [0.25, 0.3) is 0 Å². The van der Waals surface area contributed by atoms with E-state index in [9.17, 15) is 0 Å². The number of aromatic nitrogens is 1. The Morgan fingerprint density at radius 2 is 2.07 bits per heavy atom. The van der Waals surface area contributed by atoms with E-state index in [4.69, 9.17) is 12.2 Å². The van der Waals surface area contributed by atoms with Crippen LogP contribution in [0.3, 0.4) is 0 Å². The molecule has 6 nitrogen and oxygen atoms in total. The largest absolute Gasteiger partial charge is 0.383 e. The highest BCUT2D eigenvalue weighted by Crippen LogP contribution is 2.20. The molecule has 1 fully saturated rings. The number of nitrogens with zero attached hydrogens (tertiary/aromatic N) is 4. The molecule has 0 saturated carbocycles. The van der Waals surface area contributed by atoms with Crippen LogP contribution < -0.4 is 15.6 Å². The van der Waals surface area contributed by atoms with Gasteiger partial charge in [-0.1, -0.05) is 18.2 Å². The lowest BCUT2D eigenvalue weighted by Gasteiger charge is -2.41. The summed E-state index contributed by atoms with van der Waals surface area (Å²) in [4.78, 5) is 9.08. The SMILES string of the molecule is CC1CN(c2ccccc2)CCN1C(=S)N/N=C1/CCNc2cccnc21. The Balaban J connectivity index is 1.40.